The molecule has 1 aromatic carbocycles. The molecule has 1 heterocycles. The third-order valence-corrected chi connectivity index (χ3v) is 6.74. The minimum atomic E-state index is -3.72. The number of pyridine rings is 1. The zero-order valence-corrected chi connectivity index (χ0v) is 15.9. The van der Waals surface area contributed by atoms with Crippen molar-refractivity contribution in [3.05, 3.63) is 59.4 Å². The van der Waals surface area contributed by atoms with Crippen molar-refractivity contribution >= 4 is 16.0 Å². The number of carbonyl (C=O) groups excluding carboxylic acids is 1. The number of aryl methyl sites for hydroxylation is 1. The monoisotopic (exact) mass is 374 g/mol. The summed E-state index contributed by atoms with van der Waals surface area (Å²) in [5.74, 6) is -0.488. The number of benzene rings is 1. The maximum Gasteiger partial charge on any atom is 0.337 e. The van der Waals surface area contributed by atoms with E-state index in [1.165, 1.54) is 19.2 Å². The molecule has 138 valence electrons. The fourth-order valence-electron chi connectivity index (χ4n) is 3.10. The number of hydrogen-bond donors (Lipinski definition) is 0. The van der Waals surface area contributed by atoms with Gasteiger partial charge in [0.1, 0.15) is 0 Å². The van der Waals surface area contributed by atoms with Crippen LogP contribution in [-0.2, 0) is 14.8 Å². The molecular formula is C19H22N2O4S. The van der Waals surface area contributed by atoms with Gasteiger partial charge in [0, 0.05) is 12.2 Å². The molecule has 3 rings (SSSR count). The summed E-state index contributed by atoms with van der Waals surface area (Å²) < 4.78 is 33.0. The Morgan fingerprint density at radius 1 is 1.27 bits per heavy atom. The molecule has 1 fully saturated rings. The molecule has 1 aliphatic carbocycles. The Balaban J connectivity index is 2.00. The summed E-state index contributed by atoms with van der Waals surface area (Å²) >= 11 is 0. The lowest BCUT2D eigenvalue weighted by Crippen LogP contribution is -2.36. The van der Waals surface area contributed by atoms with Gasteiger partial charge in [-0.05, 0) is 62.6 Å². The number of aromatic nitrogens is 1. The van der Waals surface area contributed by atoms with Crippen LogP contribution in [0.25, 0.3) is 0 Å². The first kappa shape index (κ1) is 18.5. The lowest BCUT2D eigenvalue weighted by Gasteiger charge is -2.28. The van der Waals surface area contributed by atoms with Gasteiger partial charge >= 0.3 is 5.97 Å². The average molecular weight is 374 g/mol. The van der Waals surface area contributed by atoms with Crippen molar-refractivity contribution in [1.82, 2.24) is 9.29 Å². The standard InChI is InChI=1S/C19H22N2O4S/c1-13-12-15(19(22)25-3)7-10-18(13)26(23,24)21(16-8-9-16)14(2)17-6-4-5-11-20-17/h4-7,10-12,14,16H,8-9H2,1-3H3. The molecule has 0 radical (unpaired) electrons. The summed E-state index contributed by atoms with van der Waals surface area (Å²) in [5, 5.41) is 0. The summed E-state index contributed by atoms with van der Waals surface area (Å²) in [5.41, 5.74) is 1.57. The van der Waals surface area contributed by atoms with Gasteiger partial charge in [-0.15, -0.1) is 0 Å². The quantitative estimate of drug-likeness (QED) is 0.726. The first-order valence-corrected chi connectivity index (χ1v) is 9.93. The largest absolute Gasteiger partial charge is 0.465 e. The number of carbonyl (C=O) groups is 1. The maximum atomic E-state index is 13.4. The molecule has 2 aromatic rings. The molecule has 6 nitrogen and oxygen atoms in total. The van der Waals surface area contributed by atoms with Crippen molar-refractivity contribution in [2.45, 2.75) is 43.7 Å². The number of sulfonamides is 1. The van der Waals surface area contributed by atoms with Gasteiger partial charge in [-0.2, -0.15) is 4.31 Å². The van der Waals surface area contributed by atoms with Gasteiger partial charge in [-0.1, -0.05) is 6.07 Å². The van der Waals surface area contributed by atoms with Crippen molar-refractivity contribution in [1.29, 1.82) is 0 Å². The highest BCUT2D eigenvalue weighted by Crippen LogP contribution is 2.39. The molecule has 1 atom stereocenters. The van der Waals surface area contributed by atoms with Crippen LogP contribution in [0.2, 0.25) is 0 Å². The van der Waals surface area contributed by atoms with Gasteiger partial charge in [0.2, 0.25) is 10.0 Å². The first-order valence-electron chi connectivity index (χ1n) is 8.49. The van der Waals surface area contributed by atoms with E-state index in [9.17, 15) is 13.2 Å². The van der Waals surface area contributed by atoms with E-state index < -0.39 is 16.0 Å². The smallest absolute Gasteiger partial charge is 0.337 e. The van der Waals surface area contributed by atoms with E-state index in [0.29, 0.717) is 16.8 Å². The summed E-state index contributed by atoms with van der Waals surface area (Å²) in [6.07, 6.45) is 3.35. The van der Waals surface area contributed by atoms with E-state index in [-0.39, 0.29) is 17.0 Å². The van der Waals surface area contributed by atoms with E-state index in [2.05, 4.69) is 4.98 Å². The molecular weight excluding hydrogens is 352 g/mol. The Bertz CT molecular complexity index is 908. The third kappa shape index (κ3) is 3.50. The molecule has 0 bridgehead atoms. The third-order valence-electron chi connectivity index (χ3n) is 4.56. The van der Waals surface area contributed by atoms with Crippen LogP contribution in [0.4, 0.5) is 0 Å². The van der Waals surface area contributed by atoms with Gasteiger partial charge < -0.3 is 4.74 Å². The zero-order valence-electron chi connectivity index (χ0n) is 15.0. The molecule has 0 amide bonds. The predicted molar refractivity (Wildman–Crippen MR) is 97.2 cm³/mol. The van der Waals surface area contributed by atoms with Gasteiger partial charge in [0.15, 0.2) is 0 Å². The molecule has 1 saturated carbocycles. The van der Waals surface area contributed by atoms with Gasteiger partial charge in [0.25, 0.3) is 0 Å². The number of methoxy groups -OCH3 is 1. The highest BCUT2D eigenvalue weighted by Gasteiger charge is 2.42. The van der Waals surface area contributed by atoms with Crippen LogP contribution in [0.3, 0.4) is 0 Å². The molecule has 1 aliphatic rings. The van der Waals surface area contributed by atoms with E-state index >= 15 is 0 Å². The number of rotatable bonds is 6. The minimum Gasteiger partial charge on any atom is -0.465 e. The summed E-state index contributed by atoms with van der Waals surface area (Å²) in [7, 11) is -2.43. The number of esters is 1. The van der Waals surface area contributed by atoms with Crippen LogP contribution in [0.15, 0.2) is 47.5 Å². The predicted octanol–water partition coefficient (Wildman–Crippen LogP) is 3.09. The molecule has 0 N–H and O–H groups in total. The second-order valence-electron chi connectivity index (χ2n) is 6.47. The van der Waals surface area contributed by atoms with Crippen molar-refractivity contribution in [3.8, 4) is 0 Å². The molecule has 0 spiro atoms. The second-order valence-corrected chi connectivity index (χ2v) is 8.28. The van der Waals surface area contributed by atoms with Crippen LogP contribution in [0.1, 0.15) is 47.4 Å². The molecule has 1 unspecified atom stereocenters. The fraction of sp³-hybridized carbons (Fsp3) is 0.368. The lowest BCUT2D eigenvalue weighted by atomic mass is 10.1. The van der Waals surface area contributed by atoms with E-state index in [1.807, 2.05) is 25.1 Å². The Hall–Kier alpha value is -2.25. The van der Waals surface area contributed by atoms with Crippen molar-refractivity contribution in [2.24, 2.45) is 0 Å². The van der Waals surface area contributed by atoms with Crippen LogP contribution in [0.5, 0.6) is 0 Å². The van der Waals surface area contributed by atoms with Crippen molar-refractivity contribution in [2.75, 3.05) is 7.11 Å². The van der Waals surface area contributed by atoms with Crippen molar-refractivity contribution < 1.29 is 17.9 Å². The fourth-order valence-corrected chi connectivity index (χ4v) is 5.16. The number of hydrogen-bond acceptors (Lipinski definition) is 5. The zero-order chi connectivity index (χ0) is 18.9. The topological polar surface area (TPSA) is 76.6 Å². The summed E-state index contributed by atoms with van der Waals surface area (Å²) in [4.78, 5) is 16.2. The average Bonchev–Trinajstić information content (AvgIpc) is 3.46. The first-order chi connectivity index (χ1) is 12.4. The van der Waals surface area contributed by atoms with Crippen LogP contribution >= 0.6 is 0 Å². The molecule has 0 saturated heterocycles. The highest BCUT2D eigenvalue weighted by atomic mass is 32.2. The van der Waals surface area contributed by atoms with E-state index in [4.69, 9.17) is 4.74 Å². The van der Waals surface area contributed by atoms with Crippen LogP contribution < -0.4 is 0 Å². The Morgan fingerprint density at radius 3 is 2.54 bits per heavy atom. The van der Waals surface area contributed by atoms with Crippen LogP contribution in [-0.4, -0.2) is 36.8 Å². The van der Waals surface area contributed by atoms with Gasteiger partial charge in [-0.3, -0.25) is 4.98 Å². The van der Waals surface area contributed by atoms with Gasteiger partial charge in [-0.25, -0.2) is 13.2 Å². The molecule has 26 heavy (non-hydrogen) atoms. The second kappa shape index (κ2) is 7.17. The minimum absolute atomic E-state index is 0.0170. The summed E-state index contributed by atoms with van der Waals surface area (Å²) in [6, 6.07) is 9.64. The number of ether oxygens (including phenoxy) is 1. The SMILES string of the molecule is COC(=O)c1ccc(S(=O)(=O)N(C2CC2)C(C)c2ccccn2)c(C)c1. The maximum absolute atomic E-state index is 13.4. The molecule has 7 heteroatoms. The van der Waals surface area contributed by atoms with E-state index in [0.717, 1.165) is 12.8 Å². The Kier molecular flexibility index (Phi) is 5.11. The van der Waals surface area contributed by atoms with Gasteiger partial charge in [0.05, 0.1) is 29.3 Å². The van der Waals surface area contributed by atoms with Crippen LogP contribution in [0, 0.1) is 6.92 Å². The summed E-state index contributed by atoms with van der Waals surface area (Å²) in [6.45, 7) is 3.55. The lowest BCUT2D eigenvalue weighted by molar-refractivity contribution is 0.0600. The Morgan fingerprint density at radius 2 is 2.00 bits per heavy atom. The normalized spacial score (nSPS) is 15.7. The number of nitrogens with zero attached hydrogens (tertiary/aromatic N) is 2. The van der Waals surface area contributed by atoms with E-state index in [1.54, 1.807) is 23.5 Å². The molecule has 0 aliphatic heterocycles. The highest BCUT2D eigenvalue weighted by molar-refractivity contribution is 7.89. The Labute approximate surface area is 153 Å². The molecule has 1 aromatic heterocycles. The van der Waals surface area contributed by atoms with Crippen molar-refractivity contribution in [3.63, 3.8) is 0 Å².